The molecule has 0 unspecified atom stereocenters. The molecule has 2 amide bonds. The van der Waals surface area contributed by atoms with Crippen LogP contribution in [0.1, 0.15) is 37.7 Å². The molecule has 1 heterocycles. The maximum Gasteiger partial charge on any atom is 0.314 e. The standard InChI is InChI=1S/C18H28N2O2/c21-18(19-12-4-8-16-6-2-1-3-7-16)20-13-5-9-17-10-14-22-15-11-17/h1-3,6-7,17H,4-5,8-15H2,(H2,19,20,21). The van der Waals surface area contributed by atoms with E-state index in [0.29, 0.717) is 0 Å². The molecule has 0 bridgehead atoms. The van der Waals surface area contributed by atoms with Gasteiger partial charge in [-0.25, -0.2) is 4.79 Å². The molecule has 0 atom stereocenters. The van der Waals surface area contributed by atoms with E-state index in [-0.39, 0.29) is 6.03 Å². The number of amides is 2. The predicted molar refractivity (Wildman–Crippen MR) is 88.9 cm³/mol. The van der Waals surface area contributed by atoms with Crippen LogP contribution in [0.3, 0.4) is 0 Å². The van der Waals surface area contributed by atoms with E-state index in [1.165, 1.54) is 24.8 Å². The van der Waals surface area contributed by atoms with Crippen LogP contribution < -0.4 is 10.6 Å². The van der Waals surface area contributed by atoms with Crippen molar-refractivity contribution in [1.82, 2.24) is 10.6 Å². The number of aryl methyl sites for hydroxylation is 1. The summed E-state index contributed by atoms with van der Waals surface area (Å²) in [4.78, 5) is 11.7. The molecule has 1 aromatic rings. The molecule has 4 heteroatoms. The summed E-state index contributed by atoms with van der Waals surface area (Å²) in [6.07, 6.45) is 6.57. The first kappa shape index (κ1) is 16.8. The number of hydrogen-bond acceptors (Lipinski definition) is 2. The number of carbonyl (C=O) groups excluding carboxylic acids is 1. The molecule has 0 aromatic heterocycles. The number of ether oxygens (including phenoxy) is 1. The molecule has 0 aliphatic carbocycles. The minimum atomic E-state index is -0.0416. The van der Waals surface area contributed by atoms with Crippen LogP contribution in [0.5, 0.6) is 0 Å². The Morgan fingerprint density at radius 1 is 1.05 bits per heavy atom. The molecular weight excluding hydrogens is 276 g/mol. The summed E-state index contributed by atoms with van der Waals surface area (Å²) in [7, 11) is 0. The van der Waals surface area contributed by atoms with Gasteiger partial charge in [0.05, 0.1) is 0 Å². The zero-order chi connectivity index (χ0) is 15.5. The average Bonchev–Trinajstić information content (AvgIpc) is 2.57. The Balaban J connectivity index is 1.44. The Kier molecular flexibility index (Phi) is 7.81. The number of nitrogens with one attached hydrogen (secondary N) is 2. The summed E-state index contributed by atoms with van der Waals surface area (Å²) in [5.74, 6) is 0.782. The van der Waals surface area contributed by atoms with Gasteiger partial charge in [-0.2, -0.15) is 0 Å². The van der Waals surface area contributed by atoms with E-state index in [9.17, 15) is 4.79 Å². The first-order valence-corrected chi connectivity index (χ1v) is 8.48. The van der Waals surface area contributed by atoms with Gasteiger partial charge in [0.25, 0.3) is 0 Å². The zero-order valence-corrected chi connectivity index (χ0v) is 13.4. The molecule has 1 saturated heterocycles. The van der Waals surface area contributed by atoms with E-state index >= 15 is 0 Å². The largest absolute Gasteiger partial charge is 0.381 e. The number of benzene rings is 1. The van der Waals surface area contributed by atoms with Crippen LogP contribution in [0.4, 0.5) is 4.79 Å². The van der Waals surface area contributed by atoms with Gasteiger partial charge in [-0.05, 0) is 50.0 Å². The molecule has 1 aliphatic rings. The van der Waals surface area contributed by atoms with Gasteiger partial charge in [0.1, 0.15) is 0 Å². The van der Waals surface area contributed by atoms with Crippen LogP contribution in [0.15, 0.2) is 30.3 Å². The van der Waals surface area contributed by atoms with Gasteiger partial charge in [-0.1, -0.05) is 30.3 Å². The fourth-order valence-corrected chi connectivity index (χ4v) is 2.83. The molecular formula is C18H28N2O2. The minimum absolute atomic E-state index is 0.0416. The first-order chi connectivity index (χ1) is 10.8. The summed E-state index contributed by atoms with van der Waals surface area (Å²) in [6, 6.07) is 10.3. The smallest absolute Gasteiger partial charge is 0.314 e. The highest BCUT2D eigenvalue weighted by atomic mass is 16.5. The van der Waals surface area contributed by atoms with Gasteiger partial charge in [0, 0.05) is 26.3 Å². The van der Waals surface area contributed by atoms with Crippen molar-refractivity contribution in [2.75, 3.05) is 26.3 Å². The van der Waals surface area contributed by atoms with Crippen molar-refractivity contribution in [3.63, 3.8) is 0 Å². The van der Waals surface area contributed by atoms with Crippen molar-refractivity contribution in [1.29, 1.82) is 0 Å². The third-order valence-corrected chi connectivity index (χ3v) is 4.19. The summed E-state index contributed by atoms with van der Waals surface area (Å²) < 4.78 is 5.35. The quantitative estimate of drug-likeness (QED) is 0.725. The topological polar surface area (TPSA) is 50.4 Å². The second-order valence-electron chi connectivity index (χ2n) is 5.97. The van der Waals surface area contributed by atoms with Gasteiger partial charge in [-0.3, -0.25) is 0 Å². The lowest BCUT2D eigenvalue weighted by Gasteiger charge is -2.21. The van der Waals surface area contributed by atoms with Gasteiger partial charge < -0.3 is 15.4 Å². The van der Waals surface area contributed by atoms with E-state index in [4.69, 9.17) is 4.74 Å². The Morgan fingerprint density at radius 3 is 2.45 bits per heavy atom. The highest BCUT2D eigenvalue weighted by molar-refractivity contribution is 5.73. The number of rotatable bonds is 8. The zero-order valence-electron chi connectivity index (χ0n) is 13.4. The van der Waals surface area contributed by atoms with Crippen LogP contribution in [0.2, 0.25) is 0 Å². The third kappa shape index (κ3) is 6.94. The molecule has 122 valence electrons. The van der Waals surface area contributed by atoms with Gasteiger partial charge in [0.2, 0.25) is 0 Å². The minimum Gasteiger partial charge on any atom is -0.381 e. The molecule has 4 nitrogen and oxygen atoms in total. The number of hydrogen-bond donors (Lipinski definition) is 2. The Morgan fingerprint density at radius 2 is 1.73 bits per heavy atom. The maximum absolute atomic E-state index is 11.7. The average molecular weight is 304 g/mol. The van der Waals surface area contributed by atoms with Crippen molar-refractivity contribution in [3.8, 4) is 0 Å². The lowest BCUT2D eigenvalue weighted by Crippen LogP contribution is -2.36. The van der Waals surface area contributed by atoms with Crippen LogP contribution >= 0.6 is 0 Å². The van der Waals surface area contributed by atoms with Crippen molar-refractivity contribution in [2.24, 2.45) is 5.92 Å². The van der Waals surface area contributed by atoms with Crippen molar-refractivity contribution >= 4 is 6.03 Å². The van der Waals surface area contributed by atoms with Gasteiger partial charge >= 0.3 is 6.03 Å². The van der Waals surface area contributed by atoms with Crippen LogP contribution in [-0.4, -0.2) is 32.3 Å². The SMILES string of the molecule is O=C(NCCCc1ccccc1)NCCCC1CCOCC1. The van der Waals surface area contributed by atoms with E-state index in [0.717, 1.165) is 51.5 Å². The third-order valence-electron chi connectivity index (χ3n) is 4.19. The van der Waals surface area contributed by atoms with Crippen molar-refractivity contribution in [2.45, 2.75) is 38.5 Å². The van der Waals surface area contributed by atoms with E-state index in [1.54, 1.807) is 0 Å². The second-order valence-corrected chi connectivity index (χ2v) is 5.97. The molecule has 0 radical (unpaired) electrons. The first-order valence-electron chi connectivity index (χ1n) is 8.48. The van der Waals surface area contributed by atoms with Crippen molar-refractivity contribution in [3.05, 3.63) is 35.9 Å². The molecule has 1 fully saturated rings. The molecule has 2 N–H and O–H groups in total. The number of urea groups is 1. The highest BCUT2D eigenvalue weighted by Gasteiger charge is 2.12. The van der Waals surface area contributed by atoms with Crippen molar-refractivity contribution < 1.29 is 9.53 Å². The molecule has 22 heavy (non-hydrogen) atoms. The van der Waals surface area contributed by atoms with E-state index in [1.807, 2.05) is 18.2 Å². The van der Waals surface area contributed by atoms with Gasteiger partial charge in [-0.15, -0.1) is 0 Å². The monoisotopic (exact) mass is 304 g/mol. The fraction of sp³-hybridized carbons (Fsp3) is 0.611. The lowest BCUT2D eigenvalue weighted by molar-refractivity contribution is 0.0634. The molecule has 1 aromatic carbocycles. The van der Waals surface area contributed by atoms with Crippen LogP contribution in [0.25, 0.3) is 0 Å². The second kappa shape index (κ2) is 10.2. The Hall–Kier alpha value is -1.55. The number of carbonyl (C=O) groups is 1. The fourth-order valence-electron chi connectivity index (χ4n) is 2.83. The van der Waals surface area contributed by atoms with Crippen LogP contribution in [-0.2, 0) is 11.2 Å². The molecule has 0 saturated carbocycles. The predicted octanol–water partition coefficient (Wildman–Crippen LogP) is 3.13. The summed E-state index contributed by atoms with van der Waals surface area (Å²) in [5.41, 5.74) is 1.32. The Bertz CT molecular complexity index is 416. The summed E-state index contributed by atoms with van der Waals surface area (Å²) in [5, 5.41) is 5.86. The molecule has 1 aliphatic heterocycles. The highest BCUT2D eigenvalue weighted by Crippen LogP contribution is 2.19. The van der Waals surface area contributed by atoms with Crippen LogP contribution in [0, 0.1) is 5.92 Å². The Labute approximate surface area is 133 Å². The van der Waals surface area contributed by atoms with E-state index < -0.39 is 0 Å². The summed E-state index contributed by atoms with van der Waals surface area (Å²) >= 11 is 0. The lowest BCUT2D eigenvalue weighted by atomic mass is 9.95. The van der Waals surface area contributed by atoms with Gasteiger partial charge in [0.15, 0.2) is 0 Å². The normalized spacial score (nSPS) is 15.5. The maximum atomic E-state index is 11.7. The summed E-state index contributed by atoms with van der Waals surface area (Å²) in [6.45, 7) is 3.29. The van der Waals surface area contributed by atoms with E-state index in [2.05, 4.69) is 22.8 Å². The molecule has 0 spiro atoms. The molecule has 2 rings (SSSR count).